The first-order chi connectivity index (χ1) is 19.9. The number of fused-ring (bicyclic) bond motifs is 5. The number of hydrogen-bond acceptors (Lipinski definition) is 4. The second-order valence-corrected chi connectivity index (χ2v) is 17.5. The molecule has 0 radical (unpaired) electrons. The zero-order valence-corrected chi connectivity index (χ0v) is 28.3. The molecule has 0 spiro atoms. The molecule has 4 aliphatic carbocycles. The lowest BCUT2D eigenvalue weighted by Crippen LogP contribution is -2.60. The average molecular weight is 589 g/mol. The van der Waals surface area contributed by atoms with Crippen LogP contribution < -0.4 is 0 Å². The van der Waals surface area contributed by atoms with E-state index in [4.69, 9.17) is 0 Å². The highest BCUT2D eigenvalue weighted by Gasteiger charge is 2.65. The maximum Gasteiger partial charge on any atom is 0.222 e. The van der Waals surface area contributed by atoms with Crippen molar-refractivity contribution in [3.05, 3.63) is 23.3 Å². The summed E-state index contributed by atoms with van der Waals surface area (Å²) in [5, 5.41) is 9.99. The molecule has 1 aliphatic heterocycles. The molecule has 1 saturated heterocycles. The van der Waals surface area contributed by atoms with Gasteiger partial charge < -0.3 is 4.90 Å². The van der Waals surface area contributed by atoms with E-state index in [-0.39, 0.29) is 50.6 Å². The van der Waals surface area contributed by atoms with Gasteiger partial charge in [-0.2, -0.15) is 5.26 Å². The fraction of sp³-hybridized carbons (Fsp3) is 0.789. The van der Waals surface area contributed by atoms with E-state index < -0.39 is 10.8 Å². The molecular formula is C38H56N2O3. The summed E-state index contributed by atoms with van der Waals surface area (Å²) in [6.07, 6.45) is 15.6. The lowest BCUT2D eigenvalue weighted by atomic mass is 9.38. The topological polar surface area (TPSA) is 78.2 Å². The number of allylic oxidation sites excluding steroid dienone is 4. The largest absolute Gasteiger partial charge is 0.343 e. The predicted molar refractivity (Wildman–Crippen MR) is 171 cm³/mol. The van der Waals surface area contributed by atoms with Crippen LogP contribution >= 0.6 is 0 Å². The van der Waals surface area contributed by atoms with Crippen LogP contribution in [0.15, 0.2) is 23.3 Å². The van der Waals surface area contributed by atoms with Crippen molar-refractivity contribution in [2.24, 2.45) is 44.3 Å². The minimum absolute atomic E-state index is 0.0342. The number of hydrogen-bond donors (Lipinski definition) is 0. The molecule has 5 heteroatoms. The molecule has 1 amide bonds. The molecule has 0 aromatic rings. The van der Waals surface area contributed by atoms with Gasteiger partial charge in [0.25, 0.3) is 0 Å². The van der Waals surface area contributed by atoms with Gasteiger partial charge in [0.15, 0.2) is 11.6 Å². The summed E-state index contributed by atoms with van der Waals surface area (Å²) in [5.74, 6) is 0.489. The Labute approximate surface area is 260 Å². The first-order valence-corrected chi connectivity index (χ1v) is 17.1. The summed E-state index contributed by atoms with van der Waals surface area (Å²) in [6.45, 7) is 19.9. The number of nitriles is 1. The van der Waals surface area contributed by atoms with E-state index in [9.17, 15) is 19.6 Å². The van der Waals surface area contributed by atoms with Crippen molar-refractivity contribution in [2.75, 3.05) is 13.1 Å². The van der Waals surface area contributed by atoms with Crippen LogP contribution in [0.4, 0.5) is 0 Å². The van der Waals surface area contributed by atoms with Crippen LogP contribution in [0.1, 0.15) is 132 Å². The Morgan fingerprint density at radius 3 is 2.21 bits per heavy atom. The minimum Gasteiger partial charge on any atom is -0.343 e. The lowest BCUT2D eigenvalue weighted by Gasteiger charge is -2.65. The summed E-state index contributed by atoms with van der Waals surface area (Å²) in [7, 11) is 0. The molecule has 236 valence electrons. The highest BCUT2D eigenvalue weighted by atomic mass is 16.2. The number of ketones is 2. The summed E-state index contributed by atoms with van der Waals surface area (Å²) < 4.78 is 0. The van der Waals surface area contributed by atoms with Crippen molar-refractivity contribution >= 4 is 17.5 Å². The van der Waals surface area contributed by atoms with Gasteiger partial charge in [0.05, 0.1) is 5.57 Å². The molecule has 0 aromatic heterocycles. The van der Waals surface area contributed by atoms with Crippen LogP contribution in [0.25, 0.3) is 0 Å². The van der Waals surface area contributed by atoms with Crippen LogP contribution in [-0.4, -0.2) is 35.5 Å². The molecule has 0 N–H and O–H groups in total. The van der Waals surface area contributed by atoms with Crippen LogP contribution in [0.2, 0.25) is 0 Å². The number of Topliss-reactive ketones (excluding diaryl/α,β-unsaturated/α-hetero) is 1. The number of nitrogens with zero attached hydrogens (tertiary/aromatic N) is 2. The van der Waals surface area contributed by atoms with Gasteiger partial charge in [-0.15, -0.1) is 0 Å². The van der Waals surface area contributed by atoms with E-state index in [1.165, 1.54) is 0 Å². The van der Waals surface area contributed by atoms with E-state index in [0.717, 1.165) is 89.3 Å². The van der Waals surface area contributed by atoms with Crippen molar-refractivity contribution in [2.45, 2.75) is 132 Å². The molecular weight excluding hydrogens is 532 g/mol. The van der Waals surface area contributed by atoms with Crippen molar-refractivity contribution in [3.63, 3.8) is 0 Å². The number of carbonyl (C=O) groups excluding carboxylic acids is 3. The molecule has 5 nitrogen and oxygen atoms in total. The third kappa shape index (κ3) is 5.17. The Bertz CT molecular complexity index is 1290. The molecule has 1 unspecified atom stereocenters. The Morgan fingerprint density at radius 2 is 1.56 bits per heavy atom. The van der Waals surface area contributed by atoms with Crippen LogP contribution in [0, 0.1) is 55.7 Å². The first-order valence-electron chi connectivity index (χ1n) is 17.1. The maximum atomic E-state index is 14.3. The van der Waals surface area contributed by atoms with Crippen molar-refractivity contribution in [1.82, 2.24) is 4.90 Å². The minimum atomic E-state index is -0.654. The van der Waals surface area contributed by atoms with E-state index in [0.29, 0.717) is 12.3 Å². The first kappa shape index (κ1) is 32.2. The second kappa shape index (κ2) is 10.7. The lowest BCUT2D eigenvalue weighted by molar-refractivity contribution is -0.139. The van der Waals surface area contributed by atoms with E-state index in [1.807, 2.05) is 26.0 Å². The monoisotopic (exact) mass is 588 g/mol. The van der Waals surface area contributed by atoms with Crippen molar-refractivity contribution in [3.8, 4) is 6.07 Å². The van der Waals surface area contributed by atoms with Gasteiger partial charge in [-0.05, 0) is 104 Å². The Balaban J connectivity index is 1.54. The summed E-state index contributed by atoms with van der Waals surface area (Å²) in [4.78, 5) is 42.9. The van der Waals surface area contributed by atoms with Crippen LogP contribution in [0.5, 0.6) is 0 Å². The number of likely N-dealkylation sites (tertiary alicyclic amines) is 1. The zero-order valence-electron chi connectivity index (χ0n) is 28.3. The van der Waals surface area contributed by atoms with E-state index in [2.05, 4.69) is 52.5 Å². The molecule has 0 aromatic carbocycles. The third-order valence-electron chi connectivity index (χ3n) is 13.9. The SMILES string of the molecule is CC1(C)CCC2C(=O)C=C3[C@@]4(C)C=C(C#N)C(=O)C(C)(C)[C@@H]4CC[C@@]3(C)[C@]2(C)CC[C@@](C)(CCC(=O)N2CCCC2)CC1. The highest BCUT2D eigenvalue weighted by Crippen LogP contribution is 2.70. The van der Waals surface area contributed by atoms with Gasteiger partial charge in [0.1, 0.15) is 6.07 Å². The van der Waals surface area contributed by atoms with E-state index >= 15 is 0 Å². The molecule has 0 bridgehead atoms. The molecule has 1 heterocycles. The standard InChI is InChI=1S/C38H56N2O3/c1-33(2)14-11-27-28(41)23-30-36(6)24-26(25-39)32(43)34(3,4)29(36)12-16-38(30,8)37(27,7)20-19-35(5,18-17-33)15-13-31(42)40-21-9-10-22-40/h23-24,27,29H,9-22H2,1-8H3/t27?,29-,35-,36-,37+,38+/m0/s1. The molecule has 43 heavy (non-hydrogen) atoms. The fourth-order valence-electron chi connectivity index (χ4n) is 10.4. The van der Waals surface area contributed by atoms with Gasteiger partial charge in [-0.3, -0.25) is 14.4 Å². The summed E-state index contributed by atoms with van der Waals surface area (Å²) >= 11 is 0. The summed E-state index contributed by atoms with van der Waals surface area (Å²) in [6, 6.07) is 2.22. The third-order valence-corrected chi connectivity index (χ3v) is 13.9. The fourth-order valence-corrected chi connectivity index (χ4v) is 10.4. The molecule has 5 rings (SSSR count). The second-order valence-electron chi connectivity index (χ2n) is 17.5. The van der Waals surface area contributed by atoms with Gasteiger partial charge in [0.2, 0.25) is 5.91 Å². The van der Waals surface area contributed by atoms with Gasteiger partial charge >= 0.3 is 0 Å². The normalized spacial score (nSPS) is 40.8. The quantitative estimate of drug-likeness (QED) is 0.332. The number of amides is 1. The molecule has 2 saturated carbocycles. The van der Waals surface area contributed by atoms with Gasteiger partial charge in [-0.25, -0.2) is 0 Å². The smallest absolute Gasteiger partial charge is 0.222 e. The van der Waals surface area contributed by atoms with Crippen molar-refractivity contribution < 1.29 is 14.4 Å². The molecule has 6 atom stereocenters. The van der Waals surface area contributed by atoms with Gasteiger partial charge in [-0.1, -0.05) is 67.0 Å². The highest BCUT2D eigenvalue weighted by molar-refractivity contribution is 6.04. The Morgan fingerprint density at radius 1 is 0.907 bits per heavy atom. The predicted octanol–water partition coefficient (Wildman–Crippen LogP) is 8.39. The Kier molecular flexibility index (Phi) is 8.01. The van der Waals surface area contributed by atoms with Crippen LogP contribution in [-0.2, 0) is 14.4 Å². The zero-order chi connectivity index (χ0) is 31.6. The maximum absolute atomic E-state index is 14.3. The van der Waals surface area contributed by atoms with Gasteiger partial charge in [0, 0.05) is 36.3 Å². The summed E-state index contributed by atoms with van der Waals surface area (Å²) in [5.41, 5.74) is -0.0792. The number of carbonyl (C=O) groups is 3. The average Bonchev–Trinajstić information content (AvgIpc) is 3.48. The number of rotatable bonds is 3. The van der Waals surface area contributed by atoms with Crippen molar-refractivity contribution in [1.29, 1.82) is 5.26 Å². The molecule has 3 fully saturated rings. The molecule has 5 aliphatic rings. The van der Waals surface area contributed by atoms with Crippen LogP contribution in [0.3, 0.4) is 0 Å². The Hall–Kier alpha value is -2.22. The van der Waals surface area contributed by atoms with E-state index in [1.54, 1.807) is 0 Å².